The Morgan fingerprint density at radius 2 is 1.00 bits per heavy atom. The summed E-state index contributed by atoms with van der Waals surface area (Å²) in [4.78, 5) is 25.8. The van der Waals surface area contributed by atoms with Crippen LogP contribution in [0.4, 0.5) is 0 Å². The normalized spacial score (nSPS) is 13.6. The second-order valence-electron chi connectivity index (χ2n) is 16.6. The highest BCUT2D eigenvalue weighted by molar-refractivity contribution is 6.27. The first kappa shape index (κ1) is 30.1. The molecule has 0 spiro atoms. The van der Waals surface area contributed by atoms with Crippen LogP contribution < -0.4 is 11.3 Å². The predicted octanol–water partition coefficient (Wildman–Crippen LogP) is 10.3. The third-order valence-corrected chi connectivity index (χ3v) is 9.17. The first-order valence-corrected chi connectivity index (χ1v) is 15.8. The average molecular weight is 588 g/mol. The zero-order valence-corrected chi connectivity index (χ0v) is 27.9. The van der Waals surface area contributed by atoms with Crippen molar-refractivity contribution < 1.29 is 4.42 Å². The first-order chi connectivity index (χ1) is 20.4. The van der Waals surface area contributed by atoms with Gasteiger partial charge < -0.3 is 8.98 Å². The van der Waals surface area contributed by atoms with Gasteiger partial charge >= 0.3 is 11.3 Å². The number of aromatic nitrogens is 1. The van der Waals surface area contributed by atoms with Gasteiger partial charge in [0.25, 0.3) is 0 Å². The molecule has 2 heterocycles. The topological polar surface area (TPSA) is 52.2 Å². The lowest BCUT2D eigenvalue weighted by atomic mass is 9.72. The molecule has 0 N–H and O–H groups in total. The van der Waals surface area contributed by atoms with E-state index in [9.17, 15) is 9.59 Å². The molecular formula is C40H45NO3. The Bertz CT molecular complexity index is 2130. The van der Waals surface area contributed by atoms with Crippen molar-refractivity contribution in [2.45, 2.75) is 92.9 Å². The fourth-order valence-corrected chi connectivity index (χ4v) is 8.12. The third-order valence-electron chi connectivity index (χ3n) is 9.17. The monoisotopic (exact) mass is 587 g/mol. The van der Waals surface area contributed by atoms with Crippen molar-refractivity contribution in [2.24, 2.45) is 10.8 Å². The maximum absolute atomic E-state index is 12.9. The van der Waals surface area contributed by atoms with Crippen LogP contribution in [0.25, 0.3) is 49.0 Å². The van der Waals surface area contributed by atoms with Gasteiger partial charge in [-0.1, -0.05) is 93.5 Å². The molecule has 0 atom stereocenters. The van der Waals surface area contributed by atoms with E-state index in [1.54, 1.807) is 6.07 Å². The van der Waals surface area contributed by atoms with Crippen LogP contribution in [0.1, 0.15) is 93.2 Å². The number of hydrogen-bond donors (Lipinski definition) is 0. The molecule has 0 radical (unpaired) electrons. The van der Waals surface area contributed by atoms with E-state index in [4.69, 9.17) is 4.42 Å². The Labute approximate surface area is 260 Å². The Hall–Kier alpha value is -3.92. The summed E-state index contributed by atoms with van der Waals surface area (Å²) in [6.07, 6.45) is 2.10. The zero-order valence-electron chi connectivity index (χ0n) is 27.9. The summed E-state index contributed by atoms with van der Waals surface area (Å²) in [7, 11) is 0. The van der Waals surface area contributed by atoms with Crippen molar-refractivity contribution in [3.63, 3.8) is 0 Å². The van der Waals surface area contributed by atoms with Crippen molar-refractivity contribution in [3.05, 3.63) is 98.7 Å². The molecule has 0 fully saturated rings. The van der Waals surface area contributed by atoms with Crippen LogP contribution in [0.3, 0.4) is 0 Å². The fourth-order valence-electron chi connectivity index (χ4n) is 8.12. The summed E-state index contributed by atoms with van der Waals surface area (Å²) < 4.78 is 7.40. The molecule has 0 saturated carbocycles. The second-order valence-corrected chi connectivity index (χ2v) is 16.6. The maximum atomic E-state index is 12.9. The van der Waals surface area contributed by atoms with Gasteiger partial charge in [-0.25, -0.2) is 9.59 Å². The molecule has 2 aromatic heterocycles. The SMILES string of the molecule is CC(C)(C)CC(C)(C)c1ccc(-n2c3ccc(C(C)(C)CC(C)(C)C)cc3c3ccc4c(=O)oc(=O)c5ccc2c3c45)cc1. The molecule has 0 aliphatic heterocycles. The minimum atomic E-state index is -0.589. The summed E-state index contributed by atoms with van der Waals surface area (Å²) in [5, 5.41) is 4.61. The van der Waals surface area contributed by atoms with Crippen LogP contribution in [-0.2, 0) is 10.8 Å². The van der Waals surface area contributed by atoms with Crippen LogP contribution >= 0.6 is 0 Å². The van der Waals surface area contributed by atoms with Gasteiger partial charge in [0.1, 0.15) is 0 Å². The van der Waals surface area contributed by atoms with Gasteiger partial charge in [-0.15, -0.1) is 0 Å². The van der Waals surface area contributed by atoms with Gasteiger partial charge in [-0.05, 0) is 93.5 Å². The van der Waals surface area contributed by atoms with E-state index in [1.807, 2.05) is 18.2 Å². The molecular weight excluding hydrogens is 542 g/mol. The van der Waals surface area contributed by atoms with Crippen molar-refractivity contribution in [1.29, 1.82) is 0 Å². The van der Waals surface area contributed by atoms with E-state index < -0.39 is 11.3 Å². The molecule has 4 aromatic carbocycles. The molecule has 0 saturated heterocycles. The van der Waals surface area contributed by atoms with Gasteiger partial charge in [0.15, 0.2) is 0 Å². The Kier molecular flexibility index (Phi) is 6.70. The largest absolute Gasteiger partial charge is 0.386 e. The average Bonchev–Trinajstić information content (AvgIpc) is 2.90. The summed E-state index contributed by atoms with van der Waals surface area (Å²) in [6.45, 7) is 23.0. The Morgan fingerprint density at radius 1 is 0.523 bits per heavy atom. The van der Waals surface area contributed by atoms with Crippen LogP contribution in [0, 0.1) is 10.8 Å². The second kappa shape index (κ2) is 9.79. The minimum Gasteiger partial charge on any atom is -0.386 e. The smallest absolute Gasteiger partial charge is 0.346 e. The van der Waals surface area contributed by atoms with Crippen LogP contribution in [0.2, 0.25) is 0 Å². The Morgan fingerprint density at radius 3 is 1.57 bits per heavy atom. The summed E-state index contributed by atoms with van der Waals surface area (Å²) in [6, 6.07) is 23.4. The quantitative estimate of drug-likeness (QED) is 0.149. The highest BCUT2D eigenvalue weighted by Crippen LogP contribution is 2.43. The molecule has 4 heteroatoms. The number of pyridine rings is 1. The van der Waals surface area contributed by atoms with Crippen molar-refractivity contribution >= 4 is 43.4 Å². The number of benzene rings is 4. The van der Waals surface area contributed by atoms with E-state index in [0.29, 0.717) is 16.2 Å². The molecule has 0 amide bonds. The van der Waals surface area contributed by atoms with Gasteiger partial charge in [-0.3, -0.25) is 0 Å². The molecule has 6 rings (SSSR count). The summed E-state index contributed by atoms with van der Waals surface area (Å²) in [5.74, 6) is 0. The molecule has 44 heavy (non-hydrogen) atoms. The summed E-state index contributed by atoms with van der Waals surface area (Å²) >= 11 is 0. The lowest BCUT2D eigenvalue weighted by Gasteiger charge is -2.33. The standard InChI is InChI=1S/C40H45NO3/c1-37(2,3)22-39(7,8)24-11-14-26(15-12-24)41-31-19-13-25(40(9,10)23-38(4,5)6)21-30(31)27-16-17-28-33-29(36(43)44-35(28)42)18-20-32(41)34(27)33/h11-21H,22-23H2,1-10H3. The highest BCUT2D eigenvalue weighted by Gasteiger charge is 2.29. The highest BCUT2D eigenvalue weighted by atomic mass is 16.4. The van der Waals surface area contributed by atoms with Gasteiger partial charge in [0.05, 0.1) is 21.8 Å². The molecule has 4 nitrogen and oxygen atoms in total. The van der Waals surface area contributed by atoms with Crippen LogP contribution in [0.5, 0.6) is 0 Å². The van der Waals surface area contributed by atoms with E-state index in [-0.39, 0.29) is 21.7 Å². The number of rotatable bonds is 5. The van der Waals surface area contributed by atoms with Gasteiger partial charge in [0, 0.05) is 21.8 Å². The summed E-state index contributed by atoms with van der Waals surface area (Å²) in [5.41, 5.74) is 4.84. The lowest BCUT2D eigenvalue weighted by molar-refractivity contribution is 0.283. The van der Waals surface area contributed by atoms with E-state index >= 15 is 0 Å². The molecule has 0 aliphatic carbocycles. The van der Waals surface area contributed by atoms with E-state index in [2.05, 4.69) is 116 Å². The van der Waals surface area contributed by atoms with Crippen LogP contribution in [0.15, 0.2) is 80.7 Å². The van der Waals surface area contributed by atoms with Gasteiger partial charge in [-0.2, -0.15) is 0 Å². The molecule has 0 unspecified atom stereocenters. The number of fused-ring (bicyclic) bond motifs is 2. The van der Waals surface area contributed by atoms with Crippen molar-refractivity contribution in [3.8, 4) is 5.69 Å². The predicted molar refractivity (Wildman–Crippen MR) is 186 cm³/mol. The maximum Gasteiger partial charge on any atom is 0.346 e. The lowest BCUT2D eigenvalue weighted by Crippen LogP contribution is -2.25. The van der Waals surface area contributed by atoms with Crippen molar-refractivity contribution in [1.82, 2.24) is 4.57 Å². The molecule has 228 valence electrons. The number of nitrogens with zero attached hydrogens (tertiary/aromatic N) is 1. The third kappa shape index (κ3) is 5.12. The number of hydrogen-bond acceptors (Lipinski definition) is 3. The van der Waals surface area contributed by atoms with E-state index in [1.165, 1.54) is 11.1 Å². The zero-order chi connectivity index (χ0) is 32.0. The van der Waals surface area contributed by atoms with Gasteiger partial charge in [0.2, 0.25) is 0 Å². The van der Waals surface area contributed by atoms with E-state index in [0.717, 1.165) is 45.7 Å². The Balaban J connectivity index is 1.69. The van der Waals surface area contributed by atoms with Crippen LogP contribution in [-0.4, -0.2) is 4.57 Å². The molecule has 6 aromatic rings. The first-order valence-electron chi connectivity index (χ1n) is 15.8. The fraction of sp³-hybridized carbons (Fsp3) is 0.400. The van der Waals surface area contributed by atoms with Crippen molar-refractivity contribution in [2.75, 3.05) is 0 Å². The minimum absolute atomic E-state index is 0.0261. The molecule has 0 bridgehead atoms. The molecule has 0 aliphatic rings.